The number of aliphatic hydroxyl groups excluding tert-OH is 1. The van der Waals surface area contributed by atoms with E-state index in [-0.39, 0.29) is 36.9 Å². The number of piperidine rings is 1. The summed E-state index contributed by atoms with van der Waals surface area (Å²) < 4.78 is 20.0. The quantitative estimate of drug-likeness (QED) is 0.349. The fraction of sp³-hybridized carbons (Fsp3) is 0.875. The Hall–Kier alpha value is -1.48. The molecule has 0 amide bonds. The fourth-order valence-corrected chi connectivity index (χ4v) is 10.2. The Kier molecular flexibility index (Phi) is 8.09. The van der Waals surface area contributed by atoms with Gasteiger partial charge in [0.05, 0.1) is 12.6 Å². The molecule has 3 aliphatic carbocycles. The first-order valence-electron chi connectivity index (χ1n) is 16.2. The summed E-state index contributed by atoms with van der Waals surface area (Å²) in [7, 11) is 0. The van der Waals surface area contributed by atoms with Crippen molar-refractivity contribution in [2.45, 2.75) is 127 Å². The van der Waals surface area contributed by atoms with Gasteiger partial charge in [-0.25, -0.2) is 4.79 Å². The van der Waals surface area contributed by atoms with Gasteiger partial charge in [0.2, 0.25) is 0 Å². The number of rotatable bonds is 5. The average molecular weight is 560 g/mol. The molecular formula is C32H51N2O6+. The summed E-state index contributed by atoms with van der Waals surface area (Å²) in [5, 5.41) is 11.9. The fourth-order valence-electron chi connectivity index (χ4n) is 10.2. The number of hydrogen-bond donors (Lipinski definition) is 3. The molecule has 0 aromatic carbocycles. The Morgan fingerprint density at radius 3 is 2.65 bits per heavy atom. The van der Waals surface area contributed by atoms with E-state index in [2.05, 4.69) is 12.2 Å². The largest absolute Gasteiger partial charge is 0.462 e. The van der Waals surface area contributed by atoms with Crippen molar-refractivity contribution in [1.82, 2.24) is 0 Å². The Balaban J connectivity index is 1.39. The van der Waals surface area contributed by atoms with Gasteiger partial charge in [-0.05, 0) is 76.0 Å². The lowest BCUT2D eigenvalue weighted by atomic mass is 9.49. The number of nitrogens with two attached hydrogens (primary N) is 2. The van der Waals surface area contributed by atoms with Crippen molar-refractivity contribution in [3.05, 3.63) is 11.6 Å². The number of hydrogen-bond acceptors (Lipinski definition) is 7. The predicted octanol–water partition coefficient (Wildman–Crippen LogP) is 2.96. The zero-order valence-electron chi connectivity index (χ0n) is 24.5. The molecule has 11 unspecified atom stereocenters. The maximum Gasteiger partial charge on any atom is 0.334 e. The van der Waals surface area contributed by atoms with E-state index in [0.29, 0.717) is 53.9 Å². The average Bonchev–Trinajstić information content (AvgIpc) is 3.31. The molecule has 6 aliphatic rings. The summed E-state index contributed by atoms with van der Waals surface area (Å²) in [4.78, 5) is 25.8. The highest BCUT2D eigenvalue weighted by molar-refractivity contribution is 5.88. The van der Waals surface area contributed by atoms with E-state index in [1.165, 1.54) is 25.7 Å². The molecule has 0 aromatic heterocycles. The second kappa shape index (κ2) is 11.3. The van der Waals surface area contributed by atoms with Gasteiger partial charge in [-0.3, -0.25) is 10.5 Å². The van der Waals surface area contributed by atoms with E-state index in [9.17, 15) is 14.7 Å². The Morgan fingerprint density at radius 2 is 1.90 bits per heavy atom. The number of allylic oxidation sites excluding steroid dienone is 1. The van der Waals surface area contributed by atoms with E-state index in [1.807, 2.05) is 6.92 Å². The molecular weight excluding hydrogens is 508 g/mol. The molecule has 8 nitrogen and oxygen atoms in total. The van der Waals surface area contributed by atoms with Crippen molar-refractivity contribution in [3.63, 3.8) is 0 Å². The maximum atomic E-state index is 13.7. The molecule has 3 aliphatic heterocycles. The summed E-state index contributed by atoms with van der Waals surface area (Å²) >= 11 is 0. The van der Waals surface area contributed by atoms with Crippen LogP contribution in [0.2, 0.25) is 0 Å². The molecule has 0 aromatic rings. The van der Waals surface area contributed by atoms with Gasteiger partial charge in [-0.15, -0.1) is 0 Å². The maximum absolute atomic E-state index is 13.7. The molecule has 0 bridgehead atoms. The zero-order chi connectivity index (χ0) is 28.1. The van der Waals surface area contributed by atoms with Gasteiger partial charge in [0.25, 0.3) is 0 Å². The van der Waals surface area contributed by atoms with Gasteiger partial charge >= 0.3 is 11.9 Å². The highest BCUT2D eigenvalue weighted by Gasteiger charge is 2.70. The highest BCUT2D eigenvalue weighted by atomic mass is 16.6. The molecule has 1 spiro atoms. The molecule has 6 rings (SSSR count). The highest BCUT2D eigenvalue weighted by Crippen LogP contribution is 2.64. The van der Waals surface area contributed by atoms with E-state index in [4.69, 9.17) is 19.9 Å². The minimum absolute atomic E-state index is 0.0151. The van der Waals surface area contributed by atoms with Crippen LogP contribution in [0.15, 0.2) is 11.6 Å². The van der Waals surface area contributed by atoms with Gasteiger partial charge < -0.3 is 24.6 Å². The zero-order valence-corrected chi connectivity index (χ0v) is 24.5. The summed E-state index contributed by atoms with van der Waals surface area (Å²) in [6.45, 7) is 4.92. The third kappa shape index (κ3) is 4.95. The third-order valence-corrected chi connectivity index (χ3v) is 12.0. The van der Waals surface area contributed by atoms with Crippen LogP contribution in [0, 0.1) is 35.5 Å². The lowest BCUT2D eigenvalue weighted by molar-refractivity contribution is -0.704. The number of carbonyl (C=O) groups excluding carboxylic acids is 2. The van der Waals surface area contributed by atoms with Crippen LogP contribution in [0.5, 0.6) is 0 Å². The summed E-state index contributed by atoms with van der Waals surface area (Å²) in [6.07, 6.45) is 14.1. The second-order valence-corrected chi connectivity index (χ2v) is 14.1. The minimum atomic E-state index is -0.768. The summed E-state index contributed by atoms with van der Waals surface area (Å²) in [6, 6.07) is 0. The van der Waals surface area contributed by atoms with Crippen LogP contribution in [-0.4, -0.2) is 59.8 Å². The molecule has 3 saturated heterocycles. The number of aliphatic hydroxyl groups is 1. The minimum Gasteiger partial charge on any atom is -0.462 e. The van der Waals surface area contributed by atoms with Crippen molar-refractivity contribution in [2.75, 3.05) is 13.2 Å². The van der Waals surface area contributed by atoms with E-state index in [0.717, 1.165) is 51.5 Å². The Labute approximate surface area is 239 Å². The monoisotopic (exact) mass is 559 g/mol. The number of carbonyl (C=O) groups is 2. The number of quaternary nitrogens is 1. The van der Waals surface area contributed by atoms with Crippen molar-refractivity contribution in [1.29, 1.82) is 0 Å². The van der Waals surface area contributed by atoms with Crippen molar-refractivity contribution in [2.24, 2.45) is 41.2 Å². The first-order chi connectivity index (χ1) is 19.3. The van der Waals surface area contributed by atoms with E-state index in [1.54, 1.807) is 6.08 Å². The standard InChI is InChI=1S/C32H50N2O6/c1-3-19(12-13-35)30(37)40-31(2)16-21-6-4-5-7-24(21)29(22-8-10-27(33)34-18-22)32(31)17-23-14-20-9-11-28(36)38-25(20)15-26(23)39-32/h3,20-27,29,34-35H,4-18,33H2,1-2H3/p+1. The molecule has 0 radical (unpaired) electrons. The van der Waals surface area contributed by atoms with E-state index < -0.39 is 11.2 Å². The molecule has 8 heteroatoms. The number of ether oxygens (including phenoxy) is 3. The molecule has 224 valence electrons. The van der Waals surface area contributed by atoms with E-state index >= 15 is 0 Å². The van der Waals surface area contributed by atoms with Crippen LogP contribution in [-0.2, 0) is 23.8 Å². The second-order valence-electron chi connectivity index (χ2n) is 14.1. The van der Waals surface area contributed by atoms with Gasteiger partial charge in [0, 0.05) is 49.7 Å². The lowest BCUT2D eigenvalue weighted by Gasteiger charge is -2.61. The van der Waals surface area contributed by atoms with Gasteiger partial charge in [0.15, 0.2) is 0 Å². The molecule has 11 atom stereocenters. The Morgan fingerprint density at radius 1 is 1.07 bits per heavy atom. The normalized spacial score (nSPS) is 47.1. The molecule has 5 N–H and O–H groups in total. The van der Waals surface area contributed by atoms with Crippen LogP contribution in [0.25, 0.3) is 0 Å². The molecule has 6 fully saturated rings. The molecule has 3 heterocycles. The first-order valence-corrected chi connectivity index (χ1v) is 16.2. The van der Waals surface area contributed by atoms with Crippen LogP contribution < -0.4 is 11.1 Å². The predicted molar refractivity (Wildman–Crippen MR) is 149 cm³/mol. The smallest absolute Gasteiger partial charge is 0.334 e. The van der Waals surface area contributed by atoms with Crippen LogP contribution in [0.1, 0.15) is 97.3 Å². The summed E-state index contributed by atoms with van der Waals surface area (Å²) in [5.74, 6) is 2.22. The van der Waals surface area contributed by atoms with Crippen LogP contribution in [0.4, 0.5) is 0 Å². The summed E-state index contributed by atoms with van der Waals surface area (Å²) in [5.41, 5.74) is 5.54. The van der Waals surface area contributed by atoms with Gasteiger partial charge in [0.1, 0.15) is 23.5 Å². The van der Waals surface area contributed by atoms with Crippen molar-refractivity contribution < 1.29 is 34.2 Å². The number of esters is 2. The number of fused-ring (bicyclic) bond motifs is 3. The Bertz CT molecular complexity index is 994. The van der Waals surface area contributed by atoms with Crippen LogP contribution in [0.3, 0.4) is 0 Å². The van der Waals surface area contributed by atoms with Crippen molar-refractivity contribution in [3.8, 4) is 0 Å². The SMILES string of the molecule is CC=C(CCO)C(=O)OC1(C)CC2CCCCC2C(C2CCC(N)[NH2+]C2)C12CC1CC3CCC(=O)OC3CC1O2. The van der Waals surface area contributed by atoms with Gasteiger partial charge in [-0.2, -0.15) is 0 Å². The molecule has 3 saturated carbocycles. The topological polar surface area (TPSA) is 125 Å². The van der Waals surface area contributed by atoms with Gasteiger partial charge in [-0.1, -0.05) is 25.3 Å². The lowest BCUT2D eigenvalue weighted by Crippen LogP contribution is -2.96. The third-order valence-electron chi connectivity index (χ3n) is 12.0. The van der Waals surface area contributed by atoms with Crippen molar-refractivity contribution >= 4 is 11.9 Å². The molecule has 40 heavy (non-hydrogen) atoms. The van der Waals surface area contributed by atoms with Crippen LogP contribution >= 0.6 is 0 Å². The first kappa shape index (κ1) is 28.6.